The van der Waals surface area contributed by atoms with E-state index >= 15 is 0 Å². The first-order valence-corrected chi connectivity index (χ1v) is 5.47. The molecule has 2 rings (SSSR count). The van der Waals surface area contributed by atoms with E-state index in [2.05, 4.69) is 20.4 Å². The zero-order chi connectivity index (χ0) is 12.3. The van der Waals surface area contributed by atoms with Crippen LogP contribution in [0.15, 0.2) is 18.6 Å². The Morgan fingerprint density at radius 1 is 1.35 bits per heavy atom. The summed E-state index contributed by atoms with van der Waals surface area (Å²) in [5.74, 6) is 1.06. The van der Waals surface area contributed by atoms with Crippen LogP contribution in [-0.2, 0) is 6.54 Å². The SMILES string of the molecule is Cc1cnn(CCNc2nc(N)ncc2C)c1. The highest BCUT2D eigenvalue weighted by molar-refractivity contribution is 5.44. The third kappa shape index (κ3) is 2.93. The van der Waals surface area contributed by atoms with Gasteiger partial charge in [0.1, 0.15) is 5.82 Å². The molecule has 0 radical (unpaired) electrons. The maximum Gasteiger partial charge on any atom is 0.221 e. The summed E-state index contributed by atoms with van der Waals surface area (Å²) >= 11 is 0. The number of hydrogen-bond acceptors (Lipinski definition) is 5. The highest BCUT2D eigenvalue weighted by Crippen LogP contribution is 2.10. The summed E-state index contributed by atoms with van der Waals surface area (Å²) in [7, 11) is 0. The van der Waals surface area contributed by atoms with E-state index in [-0.39, 0.29) is 5.95 Å². The molecule has 0 saturated carbocycles. The summed E-state index contributed by atoms with van der Waals surface area (Å²) in [4.78, 5) is 8.05. The average Bonchev–Trinajstić information content (AvgIpc) is 2.69. The third-order valence-electron chi connectivity index (χ3n) is 2.39. The Morgan fingerprint density at radius 3 is 2.88 bits per heavy atom. The van der Waals surface area contributed by atoms with Crippen molar-refractivity contribution < 1.29 is 0 Å². The van der Waals surface area contributed by atoms with Crippen molar-refractivity contribution in [3.05, 3.63) is 29.7 Å². The van der Waals surface area contributed by atoms with Crippen molar-refractivity contribution in [2.75, 3.05) is 17.6 Å². The van der Waals surface area contributed by atoms with Gasteiger partial charge in [-0.05, 0) is 19.4 Å². The van der Waals surface area contributed by atoms with Crippen molar-refractivity contribution in [3.63, 3.8) is 0 Å². The van der Waals surface area contributed by atoms with Crippen LogP contribution in [0.5, 0.6) is 0 Å². The van der Waals surface area contributed by atoms with Gasteiger partial charge in [0.2, 0.25) is 5.95 Å². The van der Waals surface area contributed by atoms with Gasteiger partial charge in [0.15, 0.2) is 0 Å². The van der Waals surface area contributed by atoms with Gasteiger partial charge in [0.25, 0.3) is 0 Å². The number of aromatic nitrogens is 4. The highest BCUT2D eigenvalue weighted by atomic mass is 15.3. The second kappa shape index (κ2) is 4.82. The molecule has 2 aromatic heterocycles. The van der Waals surface area contributed by atoms with Crippen LogP contribution in [0.25, 0.3) is 0 Å². The minimum absolute atomic E-state index is 0.285. The van der Waals surface area contributed by atoms with Crippen molar-refractivity contribution in [1.82, 2.24) is 19.7 Å². The maximum atomic E-state index is 5.53. The Kier molecular flexibility index (Phi) is 3.22. The molecule has 6 nitrogen and oxygen atoms in total. The second-order valence-electron chi connectivity index (χ2n) is 3.97. The lowest BCUT2D eigenvalue weighted by Gasteiger charge is -2.08. The van der Waals surface area contributed by atoms with Crippen LogP contribution >= 0.6 is 0 Å². The van der Waals surface area contributed by atoms with Gasteiger partial charge >= 0.3 is 0 Å². The standard InChI is InChI=1S/C11H16N6/c1-8-5-15-17(7-8)4-3-13-10-9(2)6-14-11(12)16-10/h5-7H,3-4H2,1-2H3,(H3,12,13,14,16). The number of hydrogen-bond donors (Lipinski definition) is 2. The van der Waals surface area contributed by atoms with E-state index in [9.17, 15) is 0 Å². The summed E-state index contributed by atoms with van der Waals surface area (Å²) in [6.07, 6.45) is 5.56. The van der Waals surface area contributed by atoms with E-state index in [1.54, 1.807) is 6.20 Å². The fraction of sp³-hybridized carbons (Fsp3) is 0.364. The molecule has 0 aliphatic heterocycles. The zero-order valence-corrected chi connectivity index (χ0v) is 10.0. The molecule has 2 aromatic rings. The van der Waals surface area contributed by atoms with Gasteiger partial charge in [-0.1, -0.05) is 0 Å². The molecule has 17 heavy (non-hydrogen) atoms. The molecular weight excluding hydrogens is 216 g/mol. The van der Waals surface area contributed by atoms with E-state index in [0.29, 0.717) is 0 Å². The van der Waals surface area contributed by atoms with Crippen molar-refractivity contribution in [1.29, 1.82) is 0 Å². The van der Waals surface area contributed by atoms with Gasteiger partial charge < -0.3 is 11.1 Å². The van der Waals surface area contributed by atoms with Gasteiger partial charge in [-0.2, -0.15) is 10.1 Å². The number of nitrogen functional groups attached to an aromatic ring is 1. The van der Waals surface area contributed by atoms with Crippen LogP contribution < -0.4 is 11.1 Å². The smallest absolute Gasteiger partial charge is 0.221 e. The number of nitrogens with zero attached hydrogens (tertiary/aromatic N) is 4. The maximum absolute atomic E-state index is 5.53. The van der Waals surface area contributed by atoms with Crippen LogP contribution in [0, 0.1) is 13.8 Å². The summed E-state index contributed by atoms with van der Waals surface area (Å²) in [5.41, 5.74) is 7.68. The monoisotopic (exact) mass is 232 g/mol. The quantitative estimate of drug-likeness (QED) is 0.821. The Bertz CT molecular complexity index is 504. The van der Waals surface area contributed by atoms with E-state index in [1.807, 2.05) is 30.9 Å². The number of anilines is 2. The van der Waals surface area contributed by atoms with Crippen LogP contribution in [0.1, 0.15) is 11.1 Å². The van der Waals surface area contributed by atoms with E-state index in [4.69, 9.17) is 5.73 Å². The fourth-order valence-corrected chi connectivity index (χ4v) is 1.51. The third-order valence-corrected chi connectivity index (χ3v) is 2.39. The molecule has 0 aliphatic carbocycles. The average molecular weight is 232 g/mol. The Balaban J connectivity index is 1.91. The predicted octanol–water partition coefficient (Wildman–Crippen LogP) is 0.984. The van der Waals surface area contributed by atoms with E-state index in [0.717, 1.165) is 30.0 Å². The van der Waals surface area contributed by atoms with Crippen molar-refractivity contribution in [3.8, 4) is 0 Å². The molecule has 0 bridgehead atoms. The van der Waals surface area contributed by atoms with Crippen LogP contribution in [-0.4, -0.2) is 26.3 Å². The first kappa shape index (κ1) is 11.4. The molecule has 90 valence electrons. The zero-order valence-electron chi connectivity index (χ0n) is 10.0. The lowest BCUT2D eigenvalue weighted by Crippen LogP contribution is -2.13. The number of nitrogens with two attached hydrogens (primary N) is 1. The molecule has 6 heteroatoms. The lowest BCUT2D eigenvalue weighted by atomic mass is 10.3. The lowest BCUT2D eigenvalue weighted by molar-refractivity contribution is 0.636. The molecule has 0 atom stereocenters. The van der Waals surface area contributed by atoms with Crippen LogP contribution in [0.4, 0.5) is 11.8 Å². The Morgan fingerprint density at radius 2 is 2.18 bits per heavy atom. The molecule has 3 N–H and O–H groups in total. The van der Waals surface area contributed by atoms with Gasteiger partial charge in [-0.25, -0.2) is 4.98 Å². The minimum Gasteiger partial charge on any atom is -0.368 e. The molecule has 0 unspecified atom stereocenters. The largest absolute Gasteiger partial charge is 0.368 e. The summed E-state index contributed by atoms with van der Waals surface area (Å²) in [6, 6.07) is 0. The van der Waals surface area contributed by atoms with Crippen molar-refractivity contribution in [2.24, 2.45) is 0 Å². The summed E-state index contributed by atoms with van der Waals surface area (Å²) in [6.45, 7) is 5.50. The predicted molar refractivity (Wildman–Crippen MR) is 66.6 cm³/mol. The van der Waals surface area contributed by atoms with Crippen molar-refractivity contribution >= 4 is 11.8 Å². The molecule has 0 saturated heterocycles. The van der Waals surface area contributed by atoms with Crippen LogP contribution in [0.3, 0.4) is 0 Å². The Hall–Kier alpha value is -2.11. The number of nitrogens with one attached hydrogen (secondary N) is 1. The normalized spacial score (nSPS) is 10.5. The molecule has 0 aliphatic rings. The first-order chi connectivity index (χ1) is 8.15. The van der Waals surface area contributed by atoms with Crippen molar-refractivity contribution in [2.45, 2.75) is 20.4 Å². The van der Waals surface area contributed by atoms with E-state index < -0.39 is 0 Å². The van der Waals surface area contributed by atoms with Crippen LogP contribution in [0.2, 0.25) is 0 Å². The number of rotatable bonds is 4. The molecule has 0 aromatic carbocycles. The molecule has 0 amide bonds. The molecule has 0 fully saturated rings. The first-order valence-electron chi connectivity index (χ1n) is 5.47. The van der Waals surface area contributed by atoms with E-state index in [1.165, 1.54) is 0 Å². The topological polar surface area (TPSA) is 81.7 Å². The summed E-state index contributed by atoms with van der Waals surface area (Å²) in [5, 5.41) is 7.43. The highest BCUT2D eigenvalue weighted by Gasteiger charge is 2.01. The molecule has 2 heterocycles. The Labute approximate surface area is 99.9 Å². The minimum atomic E-state index is 0.285. The summed E-state index contributed by atoms with van der Waals surface area (Å²) < 4.78 is 1.89. The van der Waals surface area contributed by atoms with Gasteiger partial charge in [0, 0.05) is 24.5 Å². The van der Waals surface area contributed by atoms with Gasteiger partial charge in [0.05, 0.1) is 12.7 Å². The molecule has 0 spiro atoms. The number of aryl methyl sites for hydroxylation is 2. The van der Waals surface area contributed by atoms with Gasteiger partial charge in [-0.3, -0.25) is 4.68 Å². The fourth-order valence-electron chi connectivity index (χ4n) is 1.51. The van der Waals surface area contributed by atoms with Gasteiger partial charge in [-0.15, -0.1) is 0 Å². The molecular formula is C11H16N6. The second-order valence-corrected chi connectivity index (χ2v) is 3.97.